The number of anilines is 1. The number of carbonyl (C=O) groups excluding carboxylic acids is 1. The summed E-state index contributed by atoms with van der Waals surface area (Å²) in [7, 11) is 1.86. The van der Waals surface area contributed by atoms with Gasteiger partial charge in [0.15, 0.2) is 5.65 Å². The lowest BCUT2D eigenvalue weighted by Crippen LogP contribution is -2.08. The maximum Gasteiger partial charge on any atom is 0.221 e. The first-order valence-electron chi connectivity index (χ1n) is 8.53. The van der Waals surface area contributed by atoms with Crippen molar-refractivity contribution in [2.24, 2.45) is 7.05 Å². The number of fused-ring (bicyclic) bond motifs is 1. The van der Waals surface area contributed by atoms with Crippen LogP contribution in [0.15, 0.2) is 55.1 Å². The van der Waals surface area contributed by atoms with Crippen molar-refractivity contribution in [1.82, 2.24) is 19.2 Å². The summed E-state index contributed by atoms with van der Waals surface area (Å²) < 4.78 is 3.68. The van der Waals surface area contributed by atoms with E-state index in [1.165, 1.54) is 6.92 Å². The van der Waals surface area contributed by atoms with Crippen LogP contribution < -0.4 is 5.32 Å². The second-order valence-electron chi connectivity index (χ2n) is 6.42. The molecule has 0 aliphatic rings. The van der Waals surface area contributed by atoms with Gasteiger partial charge in [-0.25, -0.2) is 4.98 Å². The Bertz CT molecular complexity index is 1140. The lowest BCUT2D eigenvalue weighted by molar-refractivity contribution is -0.114. The number of aryl methyl sites for hydroxylation is 1. The molecule has 1 aromatic carbocycles. The van der Waals surface area contributed by atoms with Crippen molar-refractivity contribution in [2.75, 3.05) is 5.32 Å². The zero-order valence-corrected chi connectivity index (χ0v) is 15.0. The number of nitrogens with one attached hydrogen (secondary N) is 1. The molecular weight excluding hydrogens is 342 g/mol. The molecule has 27 heavy (non-hydrogen) atoms. The van der Waals surface area contributed by atoms with Crippen LogP contribution in [-0.2, 0) is 18.4 Å². The largest absolute Gasteiger partial charge is 0.392 e. The Morgan fingerprint density at radius 1 is 1.15 bits per heavy atom. The van der Waals surface area contributed by atoms with Crippen molar-refractivity contribution in [2.45, 2.75) is 13.5 Å². The number of hydrogen-bond acceptors (Lipinski definition) is 4. The molecule has 0 atom stereocenters. The molecule has 4 aromatic rings. The lowest BCUT2D eigenvalue weighted by Gasteiger charge is -2.11. The lowest BCUT2D eigenvalue weighted by atomic mass is 10.0. The summed E-state index contributed by atoms with van der Waals surface area (Å²) in [5.41, 5.74) is 5.78. The molecule has 1 amide bonds. The number of imidazole rings is 1. The summed E-state index contributed by atoms with van der Waals surface area (Å²) in [6.07, 6.45) is 7.44. The van der Waals surface area contributed by atoms with Crippen molar-refractivity contribution in [3.63, 3.8) is 0 Å². The summed E-state index contributed by atoms with van der Waals surface area (Å²) in [5, 5.41) is 16.5. The highest BCUT2D eigenvalue weighted by molar-refractivity contribution is 5.94. The molecule has 136 valence electrons. The van der Waals surface area contributed by atoms with E-state index in [2.05, 4.69) is 15.4 Å². The third kappa shape index (κ3) is 3.20. The van der Waals surface area contributed by atoms with Crippen molar-refractivity contribution in [3.05, 3.63) is 60.7 Å². The van der Waals surface area contributed by atoms with Crippen LogP contribution in [0.2, 0.25) is 0 Å². The second-order valence-corrected chi connectivity index (χ2v) is 6.42. The smallest absolute Gasteiger partial charge is 0.221 e. The van der Waals surface area contributed by atoms with Crippen LogP contribution >= 0.6 is 0 Å². The van der Waals surface area contributed by atoms with Crippen LogP contribution in [0.4, 0.5) is 5.69 Å². The summed E-state index contributed by atoms with van der Waals surface area (Å²) in [6.45, 7) is 1.45. The molecule has 0 aliphatic heterocycles. The summed E-state index contributed by atoms with van der Waals surface area (Å²) >= 11 is 0. The van der Waals surface area contributed by atoms with E-state index in [0.717, 1.165) is 27.9 Å². The van der Waals surface area contributed by atoms with Gasteiger partial charge in [0.1, 0.15) is 0 Å². The highest BCUT2D eigenvalue weighted by Crippen LogP contribution is 2.30. The molecular formula is C20H19N5O2. The molecule has 3 aromatic heterocycles. The topological polar surface area (TPSA) is 84.5 Å². The summed E-state index contributed by atoms with van der Waals surface area (Å²) in [6, 6.07) is 9.57. The highest BCUT2D eigenvalue weighted by Gasteiger charge is 2.14. The number of pyridine rings is 1. The number of aliphatic hydroxyl groups is 1. The van der Waals surface area contributed by atoms with Gasteiger partial charge in [0.25, 0.3) is 0 Å². The van der Waals surface area contributed by atoms with E-state index in [1.54, 1.807) is 17.1 Å². The molecule has 0 spiro atoms. The van der Waals surface area contributed by atoms with E-state index in [4.69, 9.17) is 0 Å². The highest BCUT2D eigenvalue weighted by atomic mass is 16.3. The molecule has 0 unspecified atom stereocenters. The Morgan fingerprint density at radius 3 is 2.70 bits per heavy atom. The van der Waals surface area contributed by atoms with Gasteiger partial charge in [-0.2, -0.15) is 5.10 Å². The molecule has 0 saturated carbocycles. The average molecular weight is 361 g/mol. The number of amides is 1. The second kappa shape index (κ2) is 6.69. The fraction of sp³-hybridized carbons (Fsp3) is 0.150. The quantitative estimate of drug-likeness (QED) is 0.585. The molecule has 0 radical (unpaired) electrons. The number of aromatic nitrogens is 4. The minimum Gasteiger partial charge on any atom is -0.392 e. The summed E-state index contributed by atoms with van der Waals surface area (Å²) in [5.74, 6) is -0.163. The van der Waals surface area contributed by atoms with Crippen LogP contribution in [0, 0.1) is 0 Å². The standard InChI is InChI=1S/C20H19N5O2/c1-13(27)23-18-7-16(15-5-3-4-14(6-15)12-26)11-25-19(9-21-20(18)25)17-8-22-24(2)10-17/h3-11,26H,12H2,1-2H3,(H,23,27). The Balaban J connectivity index is 1.95. The Kier molecular flexibility index (Phi) is 4.21. The third-order valence-corrected chi connectivity index (χ3v) is 4.36. The zero-order valence-electron chi connectivity index (χ0n) is 15.0. The first-order valence-corrected chi connectivity index (χ1v) is 8.53. The number of rotatable bonds is 4. The Labute approximate surface area is 155 Å². The normalized spacial score (nSPS) is 11.1. The molecule has 2 N–H and O–H groups in total. The zero-order chi connectivity index (χ0) is 19.0. The maximum atomic E-state index is 11.7. The summed E-state index contributed by atoms with van der Waals surface area (Å²) in [4.78, 5) is 16.2. The predicted molar refractivity (Wildman–Crippen MR) is 103 cm³/mol. The molecule has 3 heterocycles. The Morgan fingerprint density at radius 2 is 2.00 bits per heavy atom. The van der Waals surface area contributed by atoms with Gasteiger partial charge in [0, 0.05) is 37.5 Å². The van der Waals surface area contributed by atoms with Crippen molar-refractivity contribution >= 4 is 17.2 Å². The van der Waals surface area contributed by atoms with Gasteiger partial charge in [-0.15, -0.1) is 0 Å². The van der Waals surface area contributed by atoms with E-state index in [1.807, 2.05) is 54.2 Å². The van der Waals surface area contributed by atoms with Crippen LogP contribution in [0.3, 0.4) is 0 Å². The SMILES string of the molecule is CC(=O)Nc1cc(-c2cccc(CO)c2)cn2c(-c3cnn(C)c3)cnc12. The number of nitrogens with zero attached hydrogens (tertiary/aromatic N) is 4. The first-order chi connectivity index (χ1) is 13.0. The number of hydrogen-bond donors (Lipinski definition) is 2. The van der Waals surface area contributed by atoms with Gasteiger partial charge >= 0.3 is 0 Å². The van der Waals surface area contributed by atoms with Gasteiger partial charge in [0.2, 0.25) is 5.91 Å². The number of benzene rings is 1. The van der Waals surface area contributed by atoms with E-state index in [0.29, 0.717) is 11.3 Å². The van der Waals surface area contributed by atoms with Crippen LogP contribution in [0.25, 0.3) is 28.0 Å². The van der Waals surface area contributed by atoms with Gasteiger partial charge in [-0.3, -0.25) is 13.9 Å². The van der Waals surface area contributed by atoms with E-state index in [-0.39, 0.29) is 12.5 Å². The minimum absolute atomic E-state index is 0.0271. The molecule has 7 heteroatoms. The van der Waals surface area contributed by atoms with E-state index >= 15 is 0 Å². The molecule has 4 rings (SSSR count). The monoisotopic (exact) mass is 361 g/mol. The van der Waals surface area contributed by atoms with Crippen molar-refractivity contribution < 1.29 is 9.90 Å². The molecule has 0 bridgehead atoms. The first kappa shape index (κ1) is 17.0. The van der Waals surface area contributed by atoms with Crippen LogP contribution in [0.1, 0.15) is 12.5 Å². The van der Waals surface area contributed by atoms with Gasteiger partial charge in [-0.05, 0) is 23.3 Å². The van der Waals surface area contributed by atoms with Gasteiger partial charge in [0.05, 0.1) is 30.4 Å². The van der Waals surface area contributed by atoms with Crippen LogP contribution in [0.5, 0.6) is 0 Å². The van der Waals surface area contributed by atoms with Crippen molar-refractivity contribution in [3.8, 4) is 22.4 Å². The Hall–Kier alpha value is -3.45. The fourth-order valence-electron chi connectivity index (χ4n) is 3.14. The molecule has 0 aliphatic carbocycles. The minimum atomic E-state index is -0.163. The van der Waals surface area contributed by atoms with E-state index in [9.17, 15) is 9.90 Å². The molecule has 0 fully saturated rings. The van der Waals surface area contributed by atoms with E-state index < -0.39 is 0 Å². The van der Waals surface area contributed by atoms with Crippen LogP contribution in [-0.4, -0.2) is 30.2 Å². The average Bonchev–Trinajstić information content (AvgIpc) is 3.27. The molecule has 0 saturated heterocycles. The number of aliphatic hydroxyl groups excluding tert-OH is 1. The van der Waals surface area contributed by atoms with Crippen molar-refractivity contribution in [1.29, 1.82) is 0 Å². The van der Waals surface area contributed by atoms with Gasteiger partial charge in [-0.1, -0.05) is 18.2 Å². The molecule has 7 nitrogen and oxygen atoms in total. The predicted octanol–water partition coefficient (Wildman–Crippen LogP) is 2.85. The third-order valence-electron chi connectivity index (χ3n) is 4.36. The fourth-order valence-corrected chi connectivity index (χ4v) is 3.14. The number of carbonyl (C=O) groups is 1. The van der Waals surface area contributed by atoms with Gasteiger partial charge < -0.3 is 10.4 Å². The maximum absolute atomic E-state index is 11.7.